The zero-order chi connectivity index (χ0) is 21.6. The van der Waals surface area contributed by atoms with Crippen LogP contribution in [0.3, 0.4) is 0 Å². The van der Waals surface area contributed by atoms with Gasteiger partial charge in [-0.2, -0.15) is 0 Å². The van der Waals surface area contributed by atoms with Gasteiger partial charge in [0.25, 0.3) is 0 Å². The molecule has 0 atom stereocenters. The van der Waals surface area contributed by atoms with Crippen LogP contribution in [-0.2, 0) is 0 Å². The number of hydrogen-bond acceptors (Lipinski definition) is 3. The lowest BCUT2D eigenvalue weighted by molar-refractivity contribution is 0.103. The van der Waals surface area contributed by atoms with Crippen LogP contribution in [0.15, 0.2) is 77.9 Å². The van der Waals surface area contributed by atoms with Gasteiger partial charge in [-0.1, -0.05) is 88.4 Å². The van der Waals surface area contributed by atoms with E-state index in [0.717, 1.165) is 5.56 Å². The van der Waals surface area contributed by atoms with Gasteiger partial charge in [-0.25, -0.2) is 4.99 Å². The van der Waals surface area contributed by atoms with E-state index >= 15 is 0 Å². The first-order chi connectivity index (χ1) is 14.2. The summed E-state index contributed by atoms with van der Waals surface area (Å²) in [6, 6.07) is 20.7. The second-order valence-corrected chi connectivity index (χ2v) is 5.83. The van der Waals surface area contributed by atoms with Crippen LogP contribution in [-0.4, -0.2) is 36.1 Å². The van der Waals surface area contributed by atoms with Crippen molar-refractivity contribution in [2.24, 2.45) is 4.99 Å². The Morgan fingerprint density at radius 2 is 1.41 bits per heavy atom. The molecule has 0 radical (unpaired) electrons. The SMILES string of the molecule is CC.CC.CN(C)C=Nc1c(C(=O)c2ccccc2)ccnc1-c1ccccc1. The highest BCUT2D eigenvalue weighted by molar-refractivity contribution is 6.13. The van der Waals surface area contributed by atoms with Gasteiger partial charge >= 0.3 is 0 Å². The molecular formula is C25H31N3O. The maximum absolute atomic E-state index is 13.0. The smallest absolute Gasteiger partial charge is 0.195 e. The van der Waals surface area contributed by atoms with E-state index in [9.17, 15) is 4.79 Å². The van der Waals surface area contributed by atoms with E-state index in [-0.39, 0.29) is 5.78 Å². The number of nitrogens with zero attached hydrogens (tertiary/aromatic N) is 3. The molecule has 0 aliphatic heterocycles. The summed E-state index contributed by atoms with van der Waals surface area (Å²) in [4.78, 5) is 23.8. The van der Waals surface area contributed by atoms with Crippen molar-refractivity contribution in [3.8, 4) is 11.3 Å². The molecule has 0 fully saturated rings. The van der Waals surface area contributed by atoms with E-state index in [0.29, 0.717) is 22.5 Å². The van der Waals surface area contributed by atoms with Crippen molar-refractivity contribution in [1.82, 2.24) is 9.88 Å². The van der Waals surface area contributed by atoms with Gasteiger partial charge in [0.1, 0.15) is 5.69 Å². The topological polar surface area (TPSA) is 45.6 Å². The molecule has 4 nitrogen and oxygen atoms in total. The van der Waals surface area contributed by atoms with E-state index in [4.69, 9.17) is 0 Å². The Balaban J connectivity index is 0.000000989. The first-order valence-electron chi connectivity index (χ1n) is 10.0. The minimum atomic E-state index is -0.0638. The van der Waals surface area contributed by atoms with Gasteiger partial charge in [-0.15, -0.1) is 0 Å². The van der Waals surface area contributed by atoms with Crippen molar-refractivity contribution >= 4 is 17.8 Å². The fraction of sp³-hybridized carbons (Fsp3) is 0.240. The first-order valence-corrected chi connectivity index (χ1v) is 10.0. The van der Waals surface area contributed by atoms with Crippen LogP contribution < -0.4 is 0 Å². The Morgan fingerprint density at radius 3 is 1.97 bits per heavy atom. The number of hydrogen-bond donors (Lipinski definition) is 0. The standard InChI is InChI=1S/C21H19N3O.2C2H6/c1-24(2)15-23-20-18(21(25)17-11-7-4-8-12-17)13-14-22-19(20)16-9-5-3-6-10-16;2*1-2/h3-15H,1-2H3;2*1-2H3. The number of aromatic nitrogens is 1. The molecular weight excluding hydrogens is 358 g/mol. The van der Waals surface area contributed by atoms with Crippen molar-refractivity contribution in [3.05, 3.63) is 84.1 Å². The zero-order valence-electron chi connectivity index (χ0n) is 18.3. The summed E-state index contributed by atoms with van der Waals surface area (Å²) in [6.45, 7) is 8.00. The molecule has 2 aromatic carbocycles. The van der Waals surface area contributed by atoms with Crippen LogP contribution in [0.25, 0.3) is 11.3 Å². The molecule has 0 aliphatic rings. The summed E-state index contributed by atoms with van der Waals surface area (Å²) in [5.41, 5.74) is 3.38. The van der Waals surface area contributed by atoms with E-state index in [1.165, 1.54) is 0 Å². The van der Waals surface area contributed by atoms with Crippen molar-refractivity contribution < 1.29 is 4.79 Å². The Morgan fingerprint density at radius 1 is 0.862 bits per heavy atom. The van der Waals surface area contributed by atoms with Crippen LogP contribution in [0.1, 0.15) is 43.6 Å². The minimum absolute atomic E-state index is 0.0638. The molecule has 0 saturated carbocycles. The number of carbonyl (C=O) groups excluding carboxylic acids is 1. The van der Waals surface area contributed by atoms with E-state index in [2.05, 4.69) is 9.98 Å². The highest BCUT2D eigenvalue weighted by Gasteiger charge is 2.18. The molecule has 0 aliphatic carbocycles. The third-order valence-corrected chi connectivity index (χ3v) is 3.67. The second-order valence-electron chi connectivity index (χ2n) is 5.83. The molecule has 0 bridgehead atoms. The average Bonchev–Trinajstić information content (AvgIpc) is 2.80. The minimum Gasteiger partial charge on any atom is -0.369 e. The van der Waals surface area contributed by atoms with Crippen LogP contribution in [0.2, 0.25) is 0 Å². The molecule has 29 heavy (non-hydrogen) atoms. The molecule has 0 amide bonds. The molecule has 3 aromatic rings. The first kappa shape index (κ1) is 23.8. The fourth-order valence-corrected chi connectivity index (χ4v) is 2.49. The van der Waals surface area contributed by atoms with Gasteiger partial charge in [-0.3, -0.25) is 9.78 Å². The quantitative estimate of drug-likeness (QED) is 0.294. The number of pyridine rings is 1. The highest BCUT2D eigenvalue weighted by Crippen LogP contribution is 2.32. The molecule has 1 heterocycles. The van der Waals surface area contributed by atoms with Crippen molar-refractivity contribution in [3.63, 3.8) is 0 Å². The summed E-state index contributed by atoms with van der Waals surface area (Å²) >= 11 is 0. The molecule has 0 spiro atoms. The maximum atomic E-state index is 13.0. The van der Waals surface area contributed by atoms with Crippen molar-refractivity contribution in [1.29, 1.82) is 0 Å². The number of ketones is 1. The molecule has 4 heteroatoms. The molecule has 0 unspecified atom stereocenters. The lowest BCUT2D eigenvalue weighted by Crippen LogP contribution is -2.08. The van der Waals surface area contributed by atoms with Crippen molar-refractivity contribution in [2.45, 2.75) is 27.7 Å². The molecule has 152 valence electrons. The number of carbonyl (C=O) groups is 1. The molecule has 0 N–H and O–H groups in total. The lowest BCUT2D eigenvalue weighted by Gasteiger charge is -2.11. The highest BCUT2D eigenvalue weighted by atomic mass is 16.1. The van der Waals surface area contributed by atoms with Crippen LogP contribution >= 0.6 is 0 Å². The fourth-order valence-electron chi connectivity index (χ4n) is 2.49. The predicted octanol–water partition coefficient (Wildman–Crippen LogP) is 6.25. The zero-order valence-corrected chi connectivity index (χ0v) is 18.3. The number of rotatable bonds is 5. The van der Waals surface area contributed by atoms with Gasteiger partial charge in [0.2, 0.25) is 0 Å². The van der Waals surface area contributed by atoms with Gasteiger partial charge < -0.3 is 4.90 Å². The summed E-state index contributed by atoms with van der Waals surface area (Å²) in [7, 11) is 3.78. The third-order valence-electron chi connectivity index (χ3n) is 3.67. The summed E-state index contributed by atoms with van der Waals surface area (Å²) in [6.07, 6.45) is 3.35. The summed E-state index contributed by atoms with van der Waals surface area (Å²) in [5, 5.41) is 0. The van der Waals surface area contributed by atoms with E-state index in [1.807, 2.05) is 107 Å². The van der Waals surface area contributed by atoms with Gasteiger partial charge in [0.05, 0.1) is 17.6 Å². The maximum Gasteiger partial charge on any atom is 0.195 e. The van der Waals surface area contributed by atoms with Gasteiger partial charge in [-0.05, 0) is 6.07 Å². The van der Waals surface area contributed by atoms with E-state index < -0.39 is 0 Å². The number of benzene rings is 2. The van der Waals surface area contributed by atoms with Crippen LogP contribution in [0.5, 0.6) is 0 Å². The second kappa shape index (κ2) is 13.0. The van der Waals surface area contributed by atoms with Crippen LogP contribution in [0, 0.1) is 0 Å². The third kappa shape index (κ3) is 6.68. The van der Waals surface area contributed by atoms with E-state index in [1.54, 1.807) is 18.6 Å². The monoisotopic (exact) mass is 389 g/mol. The largest absolute Gasteiger partial charge is 0.369 e. The Bertz CT molecular complexity index is 888. The van der Waals surface area contributed by atoms with Gasteiger partial charge in [0, 0.05) is 31.4 Å². The molecule has 3 rings (SSSR count). The molecule has 0 saturated heterocycles. The van der Waals surface area contributed by atoms with Crippen molar-refractivity contribution in [2.75, 3.05) is 14.1 Å². The van der Waals surface area contributed by atoms with Crippen LogP contribution in [0.4, 0.5) is 5.69 Å². The predicted molar refractivity (Wildman–Crippen MR) is 124 cm³/mol. The van der Waals surface area contributed by atoms with Gasteiger partial charge in [0.15, 0.2) is 5.78 Å². The Labute approximate surface area is 175 Å². The lowest BCUT2D eigenvalue weighted by atomic mass is 9.99. The number of aliphatic imine (C=N–C) groups is 1. The molecule has 1 aromatic heterocycles. The Hall–Kier alpha value is -3.27. The summed E-state index contributed by atoms with van der Waals surface area (Å²) < 4.78 is 0. The summed E-state index contributed by atoms with van der Waals surface area (Å²) in [5.74, 6) is -0.0638. The Kier molecular flexibility index (Phi) is 10.7. The average molecular weight is 390 g/mol. The normalized spacial score (nSPS) is 9.72.